The van der Waals surface area contributed by atoms with Crippen LogP contribution in [0.15, 0.2) is 235 Å². The van der Waals surface area contributed by atoms with Crippen molar-refractivity contribution in [3.8, 4) is 39.1 Å². The molecule has 0 saturated carbocycles. The molecule has 4 heteroatoms. The third-order valence-electron chi connectivity index (χ3n) is 12.8. The topological polar surface area (TPSA) is 21.3 Å². The zero-order chi connectivity index (χ0) is 42.1. The summed E-state index contributed by atoms with van der Waals surface area (Å²) >= 11 is 1.87. The van der Waals surface area contributed by atoms with Gasteiger partial charge in [0.1, 0.15) is 5.58 Å². The molecule has 300 valence electrons. The second-order valence-electron chi connectivity index (χ2n) is 16.5. The SMILES string of the molecule is c1ccc(-c2ccc(N(c3ccc(-c4ccc(-n5c6ccccc6c6ccc7c8ccccc8oc7c65)cc4)cc3)c3ccc(-c4cccc5c4sc4ccccc45)cc3)cc2)cc1. The van der Waals surface area contributed by atoms with Crippen LogP contribution >= 0.6 is 11.3 Å². The van der Waals surface area contributed by atoms with Gasteiger partial charge in [0.25, 0.3) is 0 Å². The standard InChI is InChI=1S/C60H38N2OS/c1-2-11-39(12-3-1)40-21-29-44(30-22-40)61(46-35-27-43(28-36-46)48-16-10-17-54-51-15-6-9-20-57(51)64-60(48)54)45-31-23-41(24-32-45)42-25-33-47(34-26-42)62-55-18-7-4-13-49(55)52-37-38-53-50-14-5-8-19-56(50)63-59(53)58(52)62/h1-38H. The number of hydrogen-bond acceptors (Lipinski definition) is 3. The predicted octanol–water partition coefficient (Wildman–Crippen LogP) is 17.5. The van der Waals surface area contributed by atoms with Crippen LogP contribution in [0.1, 0.15) is 0 Å². The molecule has 0 unspecified atom stereocenters. The van der Waals surface area contributed by atoms with Crippen LogP contribution in [0, 0.1) is 0 Å². The Balaban J connectivity index is 0.868. The molecule has 0 amide bonds. The van der Waals surface area contributed by atoms with E-state index in [0.29, 0.717) is 0 Å². The molecule has 0 aliphatic rings. The van der Waals surface area contributed by atoms with Gasteiger partial charge >= 0.3 is 0 Å². The van der Waals surface area contributed by atoms with Crippen molar-refractivity contribution in [2.45, 2.75) is 0 Å². The molecule has 0 saturated heterocycles. The Morgan fingerprint density at radius 1 is 0.359 bits per heavy atom. The van der Waals surface area contributed by atoms with Gasteiger partial charge in [-0.25, -0.2) is 0 Å². The summed E-state index contributed by atoms with van der Waals surface area (Å²) in [6.07, 6.45) is 0. The van der Waals surface area contributed by atoms with Crippen molar-refractivity contribution < 1.29 is 4.42 Å². The molecule has 0 aliphatic heterocycles. The number of thiophene rings is 1. The minimum absolute atomic E-state index is 0.904. The fourth-order valence-corrected chi connectivity index (χ4v) is 11.0. The van der Waals surface area contributed by atoms with E-state index in [0.717, 1.165) is 66.8 Å². The molecule has 0 radical (unpaired) electrons. The first kappa shape index (κ1) is 36.5. The number of anilines is 3. The van der Waals surface area contributed by atoms with Gasteiger partial charge < -0.3 is 13.9 Å². The van der Waals surface area contributed by atoms with Gasteiger partial charge in [0, 0.05) is 64.5 Å². The zero-order valence-electron chi connectivity index (χ0n) is 34.7. The van der Waals surface area contributed by atoms with E-state index in [1.54, 1.807) is 0 Å². The highest BCUT2D eigenvalue weighted by Gasteiger charge is 2.20. The minimum Gasteiger partial charge on any atom is -0.454 e. The number of hydrogen-bond donors (Lipinski definition) is 0. The maximum absolute atomic E-state index is 6.60. The first-order chi connectivity index (χ1) is 31.7. The Kier molecular flexibility index (Phi) is 8.40. The summed E-state index contributed by atoms with van der Waals surface area (Å²) in [6.45, 7) is 0. The molecule has 3 heterocycles. The molecule has 10 aromatic carbocycles. The molecular formula is C60H38N2OS. The van der Waals surface area contributed by atoms with Crippen LogP contribution in [0.4, 0.5) is 17.1 Å². The van der Waals surface area contributed by atoms with Crippen molar-refractivity contribution in [2.75, 3.05) is 4.90 Å². The Bertz CT molecular complexity index is 3860. The van der Waals surface area contributed by atoms with E-state index >= 15 is 0 Å². The van der Waals surface area contributed by atoms with Gasteiger partial charge in [-0.2, -0.15) is 0 Å². The average Bonchev–Trinajstić information content (AvgIpc) is 4.05. The van der Waals surface area contributed by atoms with Gasteiger partial charge in [-0.15, -0.1) is 11.3 Å². The lowest BCUT2D eigenvalue weighted by molar-refractivity contribution is 0.671. The zero-order valence-corrected chi connectivity index (χ0v) is 35.5. The molecule has 0 fully saturated rings. The van der Waals surface area contributed by atoms with Crippen molar-refractivity contribution in [3.05, 3.63) is 231 Å². The van der Waals surface area contributed by atoms with Crippen LogP contribution in [0.25, 0.3) is 103 Å². The van der Waals surface area contributed by atoms with E-state index < -0.39 is 0 Å². The molecule has 3 nitrogen and oxygen atoms in total. The monoisotopic (exact) mass is 834 g/mol. The third-order valence-corrected chi connectivity index (χ3v) is 14.1. The molecular weight excluding hydrogens is 797 g/mol. The first-order valence-electron chi connectivity index (χ1n) is 21.7. The molecule has 13 rings (SSSR count). The summed E-state index contributed by atoms with van der Waals surface area (Å²) in [5, 5.41) is 7.29. The predicted molar refractivity (Wildman–Crippen MR) is 272 cm³/mol. The van der Waals surface area contributed by atoms with Crippen LogP contribution in [0.5, 0.6) is 0 Å². The summed E-state index contributed by atoms with van der Waals surface area (Å²) in [5.74, 6) is 0. The number of rotatable bonds is 7. The maximum Gasteiger partial charge on any atom is 0.160 e. The lowest BCUT2D eigenvalue weighted by Gasteiger charge is -2.26. The fourth-order valence-electron chi connectivity index (χ4n) is 9.75. The molecule has 64 heavy (non-hydrogen) atoms. The summed E-state index contributed by atoms with van der Waals surface area (Å²) < 4.78 is 11.6. The summed E-state index contributed by atoms with van der Waals surface area (Å²) in [6, 6.07) is 83.3. The normalized spacial score (nSPS) is 11.8. The first-order valence-corrected chi connectivity index (χ1v) is 22.6. The van der Waals surface area contributed by atoms with Gasteiger partial charge in [0.15, 0.2) is 5.58 Å². The van der Waals surface area contributed by atoms with Crippen molar-refractivity contribution in [2.24, 2.45) is 0 Å². The summed E-state index contributed by atoms with van der Waals surface area (Å²) in [5.41, 5.74) is 15.6. The number of fused-ring (bicyclic) bond motifs is 10. The van der Waals surface area contributed by atoms with Crippen molar-refractivity contribution >= 4 is 92.3 Å². The minimum atomic E-state index is 0.904. The summed E-state index contributed by atoms with van der Waals surface area (Å²) in [7, 11) is 0. The molecule has 0 N–H and O–H groups in total. The lowest BCUT2D eigenvalue weighted by atomic mass is 10.0. The Morgan fingerprint density at radius 3 is 1.59 bits per heavy atom. The second kappa shape index (κ2) is 14.7. The van der Waals surface area contributed by atoms with Crippen molar-refractivity contribution in [3.63, 3.8) is 0 Å². The van der Waals surface area contributed by atoms with Gasteiger partial charge in [0.2, 0.25) is 0 Å². The van der Waals surface area contributed by atoms with Crippen LogP contribution < -0.4 is 4.90 Å². The molecule has 0 aliphatic carbocycles. The van der Waals surface area contributed by atoms with E-state index in [4.69, 9.17) is 4.42 Å². The second-order valence-corrected chi connectivity index (χ2v) is 17.5. The number of para-hydroxylation sites is 2. The van der Waals surface area contributed by atoms with Crippen LogP contribution in [0.3, 0.4) is 0 Å². The number of benzene rings is 10. The Hall–Kier alpha value is -8.18. The van der Waals surface area contributed by atoms with E-state index in [1.165, 1.54) is 53.2 Å². The average molecular weight is 835 g/mol. The number of furan rings is 1. The molecule has 0 bridgehead atoms. The van der Waals surface area contributed by atoms with E-state index in [1.807, 2.05) is 17.4 Å². The van der Waals surface area contributed by atoms with E-state index in [9.17, 15) is 0 Å². The van der Waals surface area contributed by atoms with Crippen LogP contribution in [0.2, 0.25) is 0 Å². The Labute approximate surface area is 373 Å². The molecule has 3 aromatic heterocycles. The van der Waals surface area contributed by atoms with Gasteiger partial charge in [-0.1, -0.05) is 158 Å². The smallest absolute Gasteiger partial charge is 0.160 e. The highest BCUT2D eigenvalue weighted by atomic mass is 32.1. The Morgan fingerprint density at radius 2 is 0.891 bits per heavy atom. The quantitative estimate of drug-likeness (QED) is 0.159. The third kappa shape index (κ3) is 5.88. The van der Waals surface area contributed by atoms with E-state index in [-0.39, 0.29) is 0 Å². The van der Waals surface area contributed by atoms with Gasteiger partial charge in [-0.05, 0) is 106 Å². The highest BCUT2D eigenvalue weighted by molar-refractivity contribution is 7.26. The van der Waals surface area contributed by atoms with Crippen LogP contribution in [-0.2, 0) is 0 Å². The van der Waals surface area contributed by atoms with Gasteiger partial charge in [-0.3, -0.25) is 0 Å². The molecule has 13 aromatic rings. The summed E-state index contributed by atoms with van der Waals surface area (Å²) in [4.78, 5) is 2.35. The van der Waals surface area contributed by atoms with Crippen LogP contribution in [-0.4, -0.2) is 4.57 Å². The maximum atomic E-state index is 6.60. The van der Waals surface area contributed by atoms with Crippen molar-refractivity contribution in [1.29, 1.82) is 0 Å². The van der Waals surface area contributed by atoms with Gasteiger partial charge in [0.05, 0.1) is 11.0 Å². The van der Waals surface area contributed by atoms with E-state index in [2.05, 4.69) is 234 Å². The molecule has 0 atom stereocenters. The largest absolute Gasteiger partial charge is 0.454 e. The molecule has 0 spiro atoms. The van der Waals surface area contributed by atoms with Crippen molar-refractivity contribution in [1.82, 2.24) is 4.57 Å². The fraction of sp³-hybridized carbons (Fsp3) is 0. The number of aromatic nitrogens is 1. The lowest BCUT2D eigenvalue weighted by Crippen LogP contribution is -2.09. The highest BCUT2D eigenvalue weighted by Crippen LogP contribution is 2.43. The number of nitrogens with zero attached hydrogens (tertiary/aromatic N) is 2.